The van der Waals surface area contributed by atoms with Crippen molar-refractivity contribution in [1.29, 1.82) is 0 Å². The van der Waals surface area contributed by atoms with Crippen LogP contribution in [-0.2, 0) is 20.0 Å². The van der Waals surface area contributed by atoms with Gasteiger partial charge in [-0.3, -0.25) is 4.68 Å². The molecule has 0 fully saturated rings. The van der Waals surface area contributed by atoms with Crippen molar-refractivity contribution in [2.24, 2.45) is 7.05 Å². The molecular formula is C18H27N3O. The summed E-state index contributed by atoms with van der Waals surface area (Å²) in [5.41, 5.74) is 5.03. The minimum absolute atomic E-state index is 0.473. The second-order valence-corrected chi connectivity index (χ2v) is 5.94. The van der Waals surface area contributed by atoms with Gasteiger partial charge in [-0.1, -0.05) is 12.1 Å². The standard InChI is InChI=1S/C18H27N3O/c1-13(6-7-16-8-10-17(22-5)11-9-16)19-12-18-14(2)20-21(4)15(18)3/h8-11,13,19H,6-7,12H2,1-5H3. The first-order chi connectivity index (χ1) is 10.5. The fourth-order valence-corrected chi connectivity index (χ4v) is 2.63. The highest BCUT2D eigenvalue weighted by Gasteiger charge is 2.10. The molecule has 2 aromatic rings. The Labute approximate surface area is 133 Å². The number of nitrogens with one attached hydrogen (secondary N) is 1. The third-order valence-corrected chi connectivity index (χ3v) is 4.31. The molecule has 120 valence electrons. The van der Waals surface area contributed by atoms with E-state index in [1.165, 1.54) is 16.8 Å². The maximum absolute atomic E-state index is 5.19. The van der Waals surface area contributed by atoms with Gasteiger partial charge >= 0.3 is 0 Å². The van der Waals surface area contributed by atoms with Crippen molar-refractivity contribution in [3.05, 3.63) is 46.8 Å². The fraction of sp³-hybridized carbons (Fsp3) is 0.500. The number of benzene rings is 1. The van der Waals surface area contributed by atoms with Gasteiger partial charge in [0.15, 0.2) is 0 Å². The van der Waals surface area contributed by atoms with Gasteiger partial charge in [0.25, 0.3) is 0 Å². The zero-order valence-corrected chi connectivity index (χ0v) is 14.3. The van der Waals surface area contributed by atoms with Gasteiger partial charge in [-0.05, 0) is 51.3 Å². The van der Waals surface area contributed by atoms with Crippen LogP contribution in [0.3, 0.4) is 0 Å². The fourth-order valence-electron chi connectivity index (χ4n) is 2.63. The number of methoxy groups -OCH3 is 1. The number of ether oxygens (including phenoxy) is 1. The number of rotatable bonds is 7. The van der Waals surface area contributed by atoms with Gasteiger partial charge in [0.1, 0.15) is 5.75 Å². The maximum Gasteiger partial charge on any atom is 0.118 e. The van der Waals surface area contributed by atoms with Crippen molar-refractivity contribution in [1.82, 2.24) is 15.1 Å². The van der Waals surface area contributed by atoms with Gasteiger partial charge in [-0.15, -0.1) is 0 Å². The summed E-state index contributed by atoms with van der Waals surface area (Å²) in [6.07, 6.45) is 2.19. The molecule has 4 nitrogen and oxygen atoms in total. The van der Waals surface area contributed by atoms with E-state index in [9.17, 15) is 0 Å². The third-order valence-electron chi connectivity index (χ3n) is 4.31. The lowest BCUT2D eigenvalue weighted by atomic mass is 10.1. The quantitative estimate of drug-likeness (QED) is 0.854. The Hall–Kier alpha value is -1.81. The summed E-state index contributed by atoms with van der Waals surface area (Å²) < 4.78 is 7.14. The second kappa shape index (κ2) is 7.45. The average molecular weight is 301 g/mol. The molecule has 1 unspecified atom stereocenters. The molecule has 0 aliphatic carbocycles. The predicted molar refractivity (Wildman–Crippen MR) is 90.3 cm³/mol. The summed E-state index contributed by atoms with van der Waals surface area (Å²) in [6.45, 7) is 7.32. The van der Waals surface area contributed by atoms with Crippen molar-refractivity contribution in [3.8, 4) is 5.75 Å². The Bertz CT molecular complexity index is 602. The summed E-state index contributed by atoms with van der Waals surface area (Å²) in [5.74, 6) is 0.914. The lowest BCUT2D eigenvalue weighted by molar-refractivity contribution is 0.414. The molecule has 0 spiro atoms. The molecule has 0 radical (unpaired) electrons. The van der Waals surface area contributed by atoms with Gasteiger partial charge in [-0.25, -0.2) is 0 Å². The largest absolute Gasteiger partial charge is 0.497 e. The number of hydrogen-bond donors (Lipinski definition) is 1. The normalized spacial score (nSPS) is 12.4. The lowest BCUT2D eigenvalue weighted by Crippen LogP contribution is -2.26. The first kappa shape index (κ1) is 16.6. The van der Waals surface area contributed by atoms with Crippen molar-refractivity contribution >= 4 is 0 Å². The Morgan fingerprint density at radius 3 is 2.45 bits per heavy atom. The van der Waals surface area contributed by atoms with Gasteiger partial charge in [0.2, 0.25) is 0 Å². The molecule has 1 atom stereocenters. The zero-order chi connectivity index (χ0) is 16.1. The van der Waals surface area contributed by atoms with E-state index in [4.69, 9.17) is 4.74 Å². The first-order valence-electron chi connectivity index (χ1n) is 7.86. The van der Waals surface area contributed by atoms with E-state index in [-0.39, 0.29) is 0 Å². The molecule has 0 aliphatic heterocycles. The second-order valence-electron chi connectivity index (χ2n) is 5.94. The Balaban J connectivity index is 1.81. The van der Waals surface area contributed by atoms with Crippen molar-refractivity contribution < 1.29 is 4.74 Å². The first-order valence-corrected chi connectivity index (χ1v) is 7.86. The minimum Gasteiger partial charge on any atom is -0.497 e. The van der Waals surface area contributed by atoms with E-state index >= 15 is 0 Å². The van der Waals surface area contributed by atoms with Crippen molar-refractivity contribution in [2.45, 2.75) is 46.2 Å². The van der Waals surface area contributed by atoms with Crippen LogP contribution in [0.2, 0.25) is 0 Å². The third kappa shape index (κ3) is 4.10. The van der Waals surface area contributed by atoms with Gasteiger partial charge in [0.05, 0.1) is 12.8 Å². The maximum atomic E-state index is 5.19. The predicted octanol–water partition coefficient (Wildman–Crippen LogP) is 3.16. The molecule has 1 heterocycles. The van der Waals surface area contributed by atoms with Crippen LogP contribution in [0.15, 0.2) is 24.3 Å². The summed E-state index contributed by atoms with van der Waals surface area (Å²) in [7, 11) is 3.70. The van der Waals surface area contributed by atoms with Crippen LogP contribution in [0.4, 0.5) is 0 Å². The Kier molecular flexibility index (Phi) is 5.61. The van der Waals surface area contributed by atoms with E-state index < -0.39 is 0 Å². The Morgan fingerprint density at radius 1 is 1.23 bits per heavy atom. The van der Waals surface area contributed by atoms with Crippen LogP contribution in [0.25, 0.3) is 0 Å². The molecular weight excluding hydrogens is 274 g/mol. The summed E-state index contributed by atoms with van der Waals surface area (Å²) in [6, 6.07) is 8.80. The topological polar surface area (TPSA) is 39.1 Å². The smallest absolute Gasteiger partial charge is 0.118 e. The highest BCUT2D eigenvalue weighted by atomic mass is 16.5. The zero-order valence-electron chi connectivity index (χ0n) is 14.3. The van der Waals surface area contributed by atoms with Gasteiger partial charge in [0, 0.05) is 30.9 Å². The average Bonchev–Trinajstić information content (AvgIpc) is 2.76. The molecule has 0 aliphatic rings. The van der Waals surface area contributed by atoms with Crippen molar-refractivity contribution in [2.75, 3.05) is 7.11 Å². The molecule has 0 saturated carbocycles. The van der Waals surface area contributed by atoms with E-state index in [1.54, 1.807) is 7.11 Å². The highest BCUT2D eigenvalue weighted by molar-refractivity contribution is 5.27. The van der Waals surface area contributed by atoms with Gasteiger partial charge < -0.3 is 10.1 Å². The van der Waals surface area contributed by atoms with Gasteiger partial charge in [-0.2, -0.15) is 5.10 Å². The number of aromatic nitrogens is 2. The van der Waals surface area contributed by atoms with Crippen LogP contribution < -0.4 is 10.1 Å². The molecule has 1 aromatic carbocycles. The molecule has 4 heteroatoms. The van der Waals surface area contributed by atoms with Crippen LogP contribution in [0, 0.1) is 13.8 Å². The lowest BCUT2D eigenvalue weighted by Gasteiger charge is -2.14. The van der Waals surface area contributed by atoms with E-state index in [0.29, 0.717) is 6.04 Å². The van der Waals surface area contributed by atoms with Crippen LogP contribution in [0.1, 0.15) is 35.9 Å². The number of nitrogens with zero attached hydrogens (tertiary/aromatic N) is 2. The molecule has 0 amide bonds. The summed E-state index contributed by atoms with van der Waals surface area (Å²) >= 11 is 0. The van der Waals surface area contributed by atoms with Crippen LogP contribution in [-0.4, -0.2) is 22.9 Å². The number of aryl methyl sites for hydroxylation is 3. The van der Waals surface area contributed by atoms with E-state index in [1.807, 2.05) is 23.9 Å². The Morgan fingerprint density at radius 2 is 1.91 bits per heavy atom. The molecule has 0 bridgehead atoms. The van der Waals surface area contributed by atoms with E-state index in [0.717, 1.165) is 30.8 Å². The SMILES string of the molecule is COc1ccc(CCC(C)NCc2c(C)nn(C)c2C)cc1. The molecule has 1 aromatic heterocycles. The van der Waals surface area contributed by atoms with E-state index in [2.05, 4.69) is 43.3 Å². The number of hydrogen-bond acceptors (Lipinski definition) is 3. The van der Waals surface area contributed by atoms with Crippen LogP contribution >= 0.6 is 0 Å². The van der Waals surface area contributed by atoms with Crippen LogP contribution in [0.5, 0.6) is 5.75 Å². The summed E-state index contributed by atoms with van der Waals surface area (Å²) in [5, 5.41) is 8.07. The van der Waals surface area contributed by atoms with Crippen molar-refractivity contribution in [3.63, 3.8) is 0 Å². The molecule has 2 rings (SSSR count). The molecule has 22 heavy (non-hydrogen) atoms. The highest BCUT2D eigenvalue weighted by Crippen LogP contribution is 2.14. The molecule has 1 N–H and O–H groups in total. The summed E-state index contributed by atoms with van der Waals surface area (Å²) in [4.78, 5) is 0. The monoisotopic (exact) mass is 301 g/mol. The minimum atomic E-state index is 0.473. The molecule has 0 saturated heterocycles.